The van der Waals surface area contributed by atoms with Gasteiger partial charge in [0.25, 0.3) is 0 Å². The second-order valence-electron chi connectivity index (χ2n) is 7.02. The van der Waals surface area contributed by atoms with E-state index in [-0.39, 0.29) is 24.1 Å². The van der Waals surface area contributed by atoms with Crippen molar-refractivity contribution in [3.05, 3.63) is 0 Å². The second-order valence-corrected chi connectivity index (χ2v) is 7.02. The highest BCUT2D eigenvalue weighted by molar-refractivity contribution is 5.86. The highest BCUT2D eigenvalue weighted by Gasteiger charge is 2.35. The monoisotopic (exact) mass is 310 g/mol. The van der Waals surface area contributed by atoms with E-state index in [1.807, 2.05) is 13.8 Å². The molecule has 1 saturated carbocycles. The lowest BCUT2D eigenvalue weighted by atomic mass is 10.1. The number of nitrogens with one attached hydrogen (secondary N) is 1. The largest absolute Gasteiger partial charge is 0.449 e. The van der Waals surface area contributed by atoms with Gasteiger partial charge in [0.1, 0.15) is 6.04 Å². The van der Waals surface area contributed by atoms with E-state index in [4.69, 9.17) is 4.74 Å². The molecule has 2 amide bonds. The molecule has 0 bridgehead atoms. The fraction of sp³-hybridized carbons (Fsp3) is 0.882. The van der Waals surface area contributed by atoms with E-state index in [9.17, 15) is 9.59 Å². The average Bonchev–Trinajstić information content (AvgIpc) is 2.84. The predicted molar refractivity (Wildman–Crippen MR) is 85.5 cm³/mol. The van der Waals surface area contributed by atoms with Crippen LogP contribution in [-0.4, -0.2) is 42.1 Å². The van der Waals surface area contributed by atoms with Crippen molar-refractivity contribution in [1.82, 2.24) is 10.2 Å². The third kappa shape index (κ3) is 4.89. The maximum absolute atomic E-state index is 12.5. The van der Waals surface area contributed by atoms with Crippen molar-refractivity contribution in [2.45, 2.75) is 77.3 Å². The van der Waals surface area contributed by atoms with Gasteiger partial charge in [0.05, 0.1) is 6.61 Å². The van der Waals surface area contributed by atoms with Gasteiger partial charge in [0.2, 0.25) is 5.91 Å². The van der Waals surface area contributed by atoms with Crippen molar-refractivity contribution in [1.29, 1.82) is 0 Å². The maximum Gasteiger partial charge on any atom is 0.410 e. The van der Waals surface area contributed by atoms with Gasteiger partial charge in [0.15, 0.2) is 0 Å². The van der Waals surface area contributed by atoms with Crippen molar-refractivity contribution >= 4 is 12.0 Å². The van der Waals surface area contributed by atoms with Crippen molar-refractivity contribution in [2.75, 3.05) is 13.2 Å². The Balaban J connectivity index is 1.85. The van der Waals surface area contributed by atoms with E-state index >= 15 is 0 Å². The summed E-state index contributed by atoms with van der Waals surface area (Å²) in [5.41, 5.74) is 0. The van der Waals surface area contributed by atoms with Crippen LogP contribution in [0.15, 0.2) is 0 Å². The molecule has 2 rings (SSSR count). The molecule has 0 aromatic heterocycles. The molecule has 5 nitrogen and oxygen atoms in total. The Hall–Kier alpha value is -1.26. The number of ether oxygens (including phenoxy) is 1. The Morgan fingerprint density at radius 1 is 1.09 bits per heavy atom. The van der Waals surface area contributed by atoms with Gasteiger partial charge in [-0.3, -0.25) is 9.69 Å². The summed E-state index contributed by atoms with van der Waals surface area (Å²) in [4.78, 5) is 26.3. The highest BCUT2D eigenvalue weighted by Crippen LogP contribution is 2.21. The Labute approximate surface area is 133 Å². The first-order chi connectivity index (χ1) is 10.6. The zero-order valence-electron chi connectivity index (χ0n) is 14.0. The van der Waals surface area contributed by atoms with Gasteiger partial charge in [-0.25, -0.2) is 4.79 Å². The number of amides is 2. The summed E-state index contributed by atoms with van der Waals surface area (Å²) in [6, 6.07) is -0.0629. The van der Waals surface area contributed by atoms with Crippen molar-refractivity contribution in [3.8, 4) is 0 Å². The van der Waals surface area contributed by atoms with Gasteiger partial charge in [-0.2, -0.15) is 0 Å². The average molecular weight is 310 g/mol. The molecule has 1 heterocycles. The molecule has 0 aromatic rings. The second kappa shape index (κ2) is 8.39. The Bertz CT molecular complexity index is 376. The quantitative estimate of drug-likeness (QED) is 0.812. The summed E-state index contributed by atoms with van der Waals surface area (Å²) in [6.07, 6.45) is 8.33. The first-order valence-corrected chi connectivity index (χ1v) is 8.81. The summed E-state index contributed by atoms with van der Waals surface area (Å²) >= 11 is 0. The molecule has 2 fully saturated rings. The number of carbonyl (C=O) groups excluding carboxylic acids is 2. The molecule has 0 radical (unpaired) electrons. The maximum atomic E-state index is 12.5. The number of likely N-dealkylation sites (tertiary alicyclic amines) is 1. The fourth-order valence-corrected chi connectivity index (χ4v) is 3.30. The van der Waals surface area contributed by atoms with Crippen LogP contribution >= 0.6 is 0 Å². The number of rotatable bonds is 4. The van der Waals surface area contributed by atoms with Gasteiger partial charge in [0, 0.05) is 12.6 Å². The summed E-state index contributed by atoms with van der Waals surface area (Å²) < 4.78 is 5.28. The Kier molecular flexibility index (Phi) is 6.52. The molecule has 126 valence electrons. The van der Waals surface area contributed by atoms with Gasteiger partial charge in [-0.15, -0.1) is 0 Å². The fourth-order valence-electron chi connectivity index (χ4n) is 3.30. The molecular formula is C17H30N2O3. The molecule has 2 aliphatic rings. The molecule has 1 N–H and O–H groups in total. The van der Waals surface area contributed by atoms with E-state index in [1.165, 1.54) is 25.7 Å². The smallest absolute Gasteiger partial charge is 0.410 e. The Morgan fingerprint density at radius 3 is 2.41 bits per heavy atom. The van der Waals surface area contributed by atoms with Gasteiger partial charge < -0.3 is 10.1 Å². The number of nitrogens with zero attached hydrogens (tertiary/aromatic N) is 1. The third-order valence-electron chi connectivity index (χ3n) is 4.53. The number of carbonyl (C=O) groups is 2. The number of hydrogen-bond acceptors (Lipinski definition) is 3. The van der Waals surface area contributed by atoms with E-state index < -0.39 is 0 Å². The van der Waals surface area contributed by atoms with Crippen LogP contribution < -0.4 is 5.32 Å². The topological polar surface area (TPSA) is 58.6 Å². The van der Waals surface area contributed by atoms with Crippen molar-refractivity contribution < 1.29 is 14.3 Å². The zero-order chi connectivity index (χ0) is 15.9. The highest BCUT2D eigenvalue weighted by atomic mass is 16.6. The minimum absolute atomic E-state index is 0.00546. The summed E-state index contributed by atoms with van der Waals surface area (Å²) in [7, 11) is 0. The SMILES string of the molecule is CC(C)COC(=O)N1CCC[C@H]1C(=O)NC1CCCCCC1. The molecule has 1 saturated heterocycles. The van der Waals surface area contributed by atoms with E-state index in [0.717, 1.165) is 25.7 Å². The lowest BCUT2D eigenvalue weighted by Crippen LogP contribution is -2.49. The normalized spacial score (nSPS) is 23.4. The van der Waals surface area contributed by atoms with Crippen LogP contribution in [0.2, 0.25) is 0 Å². The van der Waals surface area contributed by atoms with Crippen LogP contribution in [-0.2, 0) is 9.53 Å². The van der Waals surface area contributed by atoms with Crippen LogP contribution in [0.3, 0.4) is 0 Å². The first kappa shape index (κ1) is 17.1. The molecule has 1 aliphatic heterocycles. The van der Waals surface area contributed by atoms with Crippen LogP contribution in [0.1, 0.15) is 65.2 Å². The van der Waals surface area contributed by atoms with Crippen LogP contribution in [0.5, 0.6) is 0 Å². The van der Waals surface area contributed by atoms with Gasteiger partial charge in [-0.1, -0.05) is 39.5 Å². The van der Waals surface area contributed by atoms with Crippen LogP contribution in [0.25, 0.3) is 0 Å². The third-order valence-corrected chi connectivity index (χ3v) is 4.53. The van der Waals surface area contributed by atoms with Gasteiger partial charge in [-0.05, 0) is 31.6 Å². The summed E-state index contributed by atoms with van der Waals surface area (Å²) in [6.45, 7) is 5.05. The molecule has 1 aliphatic carbocycles. The molecular weight excluding hydrogens is 280 g/mol. The van der Waals surface area contributed by atoms with E-state index in [2.05, 4.69) is 5.32 Å². The van der Waals surface area contributed by atoms with E-state index in [0.29, 0.717) is 19.1 Å². The van der Waals surface area contributed by atoms with Crippen LogP contribution in [0.4, 0.5) is 4.79 Å². The molecule has 0 aromatic carbocycles. The molecule has 5 heteroatoms. The minimum Gasteiger partial charge on any atom is -0.449 e. The lowest BCUT2D eigenvalue weighted by molar-refractivity contribution is -0.126. The van der Waals surface area contributed by atoms with Crippen LogP contribution in [0, 0.1) is 5.92 Å². The summed E-state index contributed by atoms with van der Waals surface area (Å²) in [5, 5.41) is 3.16. The lowest BCUT2D eigenvalue weighted by Gasteiger charge is -2.26. The first-order valence-electron chi connectivity index (χ1n) is 8.81. The van der Waals surface area contributed by atoms with Crippen molar-refractivity contribution in [2.24, 2.45) is 5.92 Å². The Morgan fingerprint density at radius 2 is 1.77 bits per heavy atom. The number of hydrogen-bond donors (Lipinski definition) is 1. The predicted octanol–water partition coefficient (Wildman–Crippen LogP) is 3.08. The standard InChI is InChI=1S/C17H30N2O3/c1-13(2)12-22-17(21)19-11-7-10-15(19)16(20)18-14-8-5-3-4-6-9-14/h13-15H,3-12H2,1-2H3,(H,18,20)/t15-/m0/s1. The molecule has 22 heavy (non-hydrogen) atoms. The van der Waals surface area contributed by atoms with Crippen molar-refractivity contribution in [3.63, 3.8) is 0 Å². The minimum atomic E-state index is -0.345. The summed E-state index contributed by atoms with van der Waals surface area (Å²) in [5.74, 6) is 0.315. The van der Waals surface area contributed by atoms with E-state index in [1.54, 1.807) is 4.90 Å². The van der Waals surface area contributed by atoms with Gasteiger partial charge >= 0.3 is 6.09 Å². The zero-order valence-corrected chi connectivity index (χ0v) is 14.0. The molecule has 1 atom stereocenters. The molecule has 0 spiro atoms. The molecule has 0 unspecified atom stereocenters.